The first-order valence-electron chi connectivity index (χ1n) is 8.53. The van der Waals surface area contributed by atoms with Crippen LogP contribution in [0.25, 0.3) is 0 Å². The maximum absolute atomic E-state index is 12.7. The molecule has 2 aromatic carbocycles. The SMILES string of the molecule is O=C(ON1C(=O)c2ccccc2C1=O)[C@@H]1OCCC[C@H]1c1ccccc1. The van der Waals surface area contributed by atoms with Crippen LogP contribution in [0.3, 0.4) is 0 Å². The highest BCUT2D eigenvalue weighted by Gasteiger charge is 2.42. The van der Waals surface area contributed by atoms with Gasteiger partial charge in [-0.15, -0.1) is 0 Å². The molecule has 0 radical (unpaired) electrons. The van der Waals surface area contributed by atoms with Gasteiger partial charge in [0.15, 0.2) is 6.10 Å². The number of fused-ring (bicyclic) bond motifs is 1. The van der Waals surface area contributed by atoms with E-state index in [0.29, 0.717) is 11.7 Å². The van der Waals surface area contributed by atoms with Gasteiger partial charge in [-0.05, 0) is 30.5 Å². The summed E-state index contributed by atoms with van der Waals surface area (Å²) in [7, 11) is 0. The van der Waals surface area contributed by atoms with Gasteiger partial charge in [0.1, 0.15) is 0 Å². The number of imide groups is 1. The lowest BCUT2D eigenvalue weighted by molar-refractivity contribution is -0.186. The van der Waals surface area contributed by atoms with E-state index < -0.39 is 23.9 Å². The lowest BCUT2D eigenvalue weighted by Gasteiger charge is -2.30. The van der Waals surface area contributed by atoms with E-state index in [-0.39, 0.29) is 17.0 Å². The van der Waals surface area contributed by atoms with Crippen LogP contribution in [0.4, 0.5) is 0 Å². The third-order valence-corrected chi connectivity index (χ3v) is 4.72. The standard InChI is InChI=1S/C20H17NO5/c22-18-15-9-4-5-10-16(15)19(23)21(18)26-20(24)17-14(11-6-12-25-17)13-7-2-1-3-8-13/h1-5,7-10,14,17H,6,11-12H2/t14-,17+/m0/s1. The number of hydrogen-bond acceptors (Lipinski definition) is 5. The zero-order valence-corrected chi connectivity index (χ0v) is 14.0. The predicted molar refractivity (Wildman–Crippen MR) is 91.2 cm³/mol. The molecule has 26 heavy (non-hydrogen) atoms. The highest BCUT2D eigenvalue weighted by molar-refractivity contribution is 6.20. The summed E-state index contributed by atoms with van der Waals surface area (Å²) in [5.74, 6) is -2.17. The summed E-state index contributed by atoms with van der Waals surface area (Å²) < 4.78 is 5.64. The second-order valence-electron chi connectivity index (χ2n) is 6.31. The van der Waals surface area contributed by atoms with Gasteiger partial charge in [-0.1, -0.05) is 47.5 Å². The van der Waals surface area contributed by atoms with E-state index in [4.69, 9.17) is 9.57 Å². The molecule has 6 heteroatoms. The second kappa shape index (κ2) is 6.72. The average molecular weight is 351 g/mol. The van der Waals surface area contributed by atoms with Gasteiger partial charge in [0.05, 0.1) is 11.1 Å². The van der Waals surface area contributed by atoms with Crippen LogP contribution in [0.15, 0.2) is 54.6 Å². The van der Waals surface area contributed by atoms with E-state index in [1.54, 1.807) is 12.1 Å². The Kier molecular flexibility index (Phi) is 4.26. The molecule has 0 N–H and O–H groups in total. The molecule has 0 unspecified atom stereocenters. The van der Waals surface area contributed by atoms with Gasteiger partial charge in [0.25, 0.3) is 11.8 Å². The molecule has 132 valence electrons. The number of carbonyl (C=O) groups is 3. The lowest BCUT2D eigenvalue weighted by atomic mass is 9.87. The number of carbonyl (C=O) groups excluding carboxylic acids is 3. The van der Waals surface area contributed by atoms with E-state index in [1.807, 2.05) is 30.3 Å². The number of rotatable bonds is 3. The molecule has 2 aliphatic heterocycles. The Labute approximate surface area is 150 Å². The average Bonchev–Trinajstić information content (AvgIpc) is 2.94. The van der Waals surface area contributed by atoms with Gasteiger partial charge < -0.3 is 9.57 Å². The van der Waals surface area contributed by atoms with Crippen LogP contribution in [-0.4, -0.2) is 35.6 Å². The quantitative estimate of drug-likeness (QED) is 0.795. The Hall–Kier alpha value is -2.99. The highest BCUT2D eigenvalue weighted by atomic mass is 16.7. The molecule has 0 spiro atoms. The number of hydrogen-bond donors (Lipinski definition) is 0. The second-order valence-corrected chi connectivity index (χ2v) is 6.31. The molecule has 2 amide bonds. The van der Waals surface area contributed by atoms with Crippen molar-refractivity contribution in [1.82, 2.24) is 5.06 Å². The molecule has 6 nitrogen and oxygen atoms in total. The molecule has 2 aliphatic rings. The van der Waals surface area contributed by atoms with Crippen LogP contribution in [0.2, 0.25) is 0 Å². The largest absolute Gasteiger partial charge is 0.366 e. The number of ether oxygens (including phenoxy) is 1. The fraction of sp³-hybridized carbons (Fsp3) is 0.250. The molecule has 1 fully saturated rings. The predicted octanol–water partition coefficient (Wildman–Crippen LogP) is 2.70. The van der Waals surface area contributed by atoms with Crippen molar-refractivity contribution in [2.24, 2.45) is 0 Å². The van der Waals surface area contributed by atoms with E-state index >= 15 is 0 Å². The molecule has 2 atom stereocenters. The zero-order valence-electron chi connectivity index (χ0n) is 14.0. The fourth-order valence-electron chi connectivity index (χ4n) is 3.45. The smallest absolute Gasteiger partial charge is 0.362 e. The van der Waals surface area contributed by atoms with E-state index in [1.165, 1.54) is 12.1 Å². The Bertz CT molecular complexity index is 829. The third-order valence-electron chi connectivity index (χ3n) is 4.72. The van der Waals surface area contributed by atoms with Crippen LogP contribution >= 0.6 is 0 Å². The molecule has 2 aromatic rings. The maximum Gasteiger partial charge on any atom is 0.362 e. The summed E-state index contributed by atoms with van der Waals surface area (Å²) in [5.41, 5.74) is 1.43. The summed E-state index contributed by atoms with van der Waals surface area (Å²) in [6.07, 6.45) is 0.748. The van der Waals surface area contributed by atoms with Crippen molar-refractivity contribution in [3.63, 3.8) is 0 Å². The number of amides is 2. The summed E-state index contributed by atoms with van der Waals surface area (Å²) in [4.78, 5) is 42.6. The van der Waals surface area contributed by atoms with Crippen molar-refractivity contribution in [3.8, 4) is 0 Å². The number of nitrogens with zero attached hydrogens (tertiary/aromatic N) is 1. The van der Waals surface area contributed by atoms with Gasteiger partial charge in [0, 0.05) is 12.5 Å². The molecule has 0 saturated carbocycles. The van der Waals surface area contributed by atoms with Gasteiger partial charge in [0.2, 0.25) is 0 Å². The Morgan fingerprint density at radius 1 is 0.962 bits per heavy atom. The van der Waals surface area contributed by atoms with Crippen LogP contribution < -0.4 is 0 Å². The Morgan fingerprint density at radius 3 is 2.23 bits per heavy atom. The first-order valence-corrected chi connectivity index (χ1v) is 8.53. The van der Waals surface area contributed by atoms with Crippen LogP contribution in [0.5, 0.6) is 0 Å². The first-order chi connectivity index (χ1) is 12.7. The fourth-order valence-corrected chi connectivity index (χ4v) is 3.45. The summed E-state index contributed by atoms with van der Waals surface area (Å²) in [6, 6.07) is 16.0. The van der Waals surface area contributed by atoms with Crippen molar-refractivity contribution < 1.29 is 24.0 Å². The minimum absolute atomic E-state index is 0.173. The summed E-state index contributed by atoms with van der Waals surface area (Å²) >= 11 is 0. The minimum atomic E-state index is -0.851. The molecular weight excluding hydrogens is 334 g/mol. The van der Waals surface area contributed by atoms with Crippen molar-refractivity contribution >= 4 is 17.8 Å². The van der Waals surface area contributed by atoms with Gasteiger partial charge in [-0.3, -0.25) is 9.59 Å². The molecular formula is C20H17NO5. The minimum Gasteiger partial charge on any atom is -0.366 e. The van der Waals surface area contributed by atoms with Crippen LogP contribution in [0.1, 0.15) is 45.0 Å². The van der Waals surface area contributed by atoms with Gasteiger partial charge >= 0.3 is 5.97 Å². The van der Waals surface area contributed by atoms with Gasteiger partial charge in [-0.25, -0.2) is 4.79 Å². The van der Waals surface area contributed by atoms with E-state index in [9.17, 15) is 14.4 Å². The topological polar surface area (TPSA) is 72.9 Å². The summed E-state index contributed by atoms with van der Waals surface area (Å²) in [6.45, 7) is 0.436. The Balaban J connectivity index is 1.54. The van der Waals surface area contributed by atoms with Crippen molar-refractivity contribution in [2.75, 3.05) is 6.61 Å². The van der Waals surface area contributed by atoms with Gasteiger partial charge in [-0.2, -0.15) is 0 Å². The lowest BCUT2D eigenvalue weighted by Crippen LogP contribution is -2.42. The monoisotopic (exact) mass is 351 g/mol. The van der Waals surface area contributed by atoms with Crippen molar-refractivity contribution in [2.45, 2.75) is 24.9 Å². The molecule has 0 bridgehead atoms. The zero-order chi connectivity index (χ0) is 18.1. The number of hydroxylamine groups is 2. The number of benzene rings is 2. The van der Waals surface area contributed by atoms with Crippen LogP contribution in [-0.2, 0) is 14.4 Å². The molecule has 1 saturated heterocycles. The normalized spacial score (nSPS) is 22.2. The Morgan fingerprint density at radius 2 is 1.58 bits per heavy atom. The van der Waals surface area contributed by atoms with E-state index in [2.05, 4.69) is 0 Å². The highest BCUT2D eigenvalue weighted by Crippen LogP contribution is 2.32. The molecule has 4 rings (SSSR count). The van der Waals surface area contributed by atoms with E-state index in [0.717, 1.165) is 18.4 Å². The molecule has 2 heterocycles. The summed E-state index contributed by atoms with van der Waals surface area (Å²) in [5, 5.41) is 0.535. The van der Waals surface area contributed by atoms with Crippen molar-refractivity contribution in [1.29, 1.82) is 0 Å². The maximum atomic E-state index is 12.7. The van der Waals surface area contributed by atoms with Crippen molar-refractivity contribution in [3.05, 3.63) is 71.3 Å². The molecule has 0 aliphatic carbocycles. The van der Waals surface area contributed by atoms with Crippen LogP contribution in [0, 0.1) is 0 Å². The molecule has 0 aromatic heterocycles. The third kappa shape index (κ3) is 2.78. The first kappa shape index (κ1) is 16.5.